The predicted octanol–water partition coefficient (Wildman–Crippen LogP) is -1.71. The van der Waals surface area contributed by atoms with E-state index in [-0.39, 0.29) is 12.1 Å². The van der Waals surface area contributed by atoms with Crippen LogP contribution in [-0.2, 0) is 0 Å². The van der Waals surface area contributed by atoms with E-state index in [1.165, 1.54) is 0 Å². The summed E-state index contributed by atoms with van der Waals surface area (Å²) in [5.41, 5.74) is 0. The molecule has 0 heterocycles. The molecule has 4 nitrogen and oxygen atoms in total. The number of aliphatic hydroxyl groups excluding tert-OH is 2. The Labute approximate surface area is 66.6 Å². The first-order chi connectivity index (χ1) is 5.20. The monoisotopic (exact) mass is 160 g/mol. The van der Waals surface area contributed by atoms with Crippen molar-refractivity contribution in [3.63, 3.8) is 0 Å². The third-order valence-corrected chi connectivity index (χ3v) is 2.42. The van der Waals surface area contributed by atoms with Gasteiger partial charge in [-0.1, -0.05) is 0 Å². The minimum Gasteiger partial charge on any atom is -0.389 e. The Kier molecular flexibility index (Phi) is 2.84. The lowest BCUT2D eigenvalue weighted by Gasteiger charge is -2.15. The molecule has 0 bridgehead atoms. The van der Waals surface area contributed by atoms with Crippen molar-refractivity contribution in [1.82, 2.24) is 10.6 Å². The molecule has 0 aromatic heterocycles. The van der Waals surface area contributed by atoms with Gasteiger partial charge >= 0.3 is 0 Å². The van der Waals surface area contributed by atoms with Crippen LogP contribution in [0, 0.1) is 0 Å². The predicted molar refractivity (Wildman–Crippen MR) is 42.3 cm³/mol. The number of rotatable bonds is 2. The number of nitrogens with one attached hydrogen (secondary N) is 2. The fourth-order valence-electron chi connectivity index (χ4n) is 1.61. The Bertz CT molecular complexity index is 114. The topological polar surface area (TPSA) is 64.5 Å². The van der Waals surface area contributed by atoms with Crippen molar-refractivity contribution in [3.05, 3.63) is 0 Å². The molecule has 0 aliphatic heterocycles. The molecule has 0 spiro atoms. The van der Waals surface area contributed by atoms with E-state index in [9.17, 15) is 10.2 Å². The molecule has 0 aromatic rings. The summed E-state index contributed by atoms with van der Waals surface area (Å²) in [6, 6.07) is 0.0323. The number of likely N-dealkylation sites (N-methyl/N-ethyl adjacent to an activating group) is 2. The van der Waals surface area contributed by atoms with Gasteiger partial charge in [0, 0.05) is 12.1 Å². The Morgan fingerprint density at radius 2 is 1.36 bits per heavy atom. The highest BCUT2D eigenvalue weighted by Gasteiger charge is 2.39. The van der Waals surface area contributed by atoms with Crippen LogP contribution >= 0.6 is 0 Å². The molecule has 0 saturated heterocycles. The Morgan fingerprint density at radius 1 is 1.00 bits per heavy atom. The first-order valence-corrected chi connectivity index (χ1v) is 3.91. The summed E-state index contributed by atoms with van der Waals surface area (Å²) in [5, 5.41) is 24.7. The lowest BCUT2D eigenvalue weighted by atomic mass is 10.2. The summed E-state index contributed by atoms with van der Waals surface area (Å²) in [7, 11) is 3.58. The molecule has 0 radical (unpaired) electrons. The fourth-order valence-corrected chi connectivity index (χ4v) is 1.61. The van der Waals surface area contributed by atoms with Crippen molar-refractivity contribution in [1.29, 1.82) is 0 Å². The molecule has 1 saturated carbocycles. The van der Waals surface area contributed by atoms with Crippen LogP contribution in [0.4, 0.5) is 0 Å². The van der Waals surface area contributed by atoms with Gasteiger partial charge in [0.05, 0.1) is 12.2 Å². The molecule has 4 N–H and O–H groups in total. The minimum absolute atomic E-state index is 0.0162. The zero-order valence-corrected chi connectivity index (χ0v) is 6.91. The van der Waals surface area contributed by atoms with Gasteiger partial charge in [0.15, 0.2) is 0 Å². The summed E-state index contributed by atoms with van der Waals surface area (Å²) < 4.78 is 0. The van der Waals surface area contributed by atoms with Gasteiger partial charge in [0.2, 0.25) is 0 Å². The van der Waals surface area contributed by atoms with Gasteiger partial charge in [-0.3, -0.25) is 0 Å². The molecule has 1 aliphatic rings. The van der Waals surface area contributed by atoms with Crippen molar-refractivity contribution in [3.8, 4) is 0 Å². The largest absolute Gasteiger partial charge is 0.389 e. The van der Waals surface area contributed by atoms with E-state index >= 15 is 0 Å². The maximum atomic E-state index is 9.41. The normalized spacial score (nSPS) is 44.7. The summed E-state index contributed by atoms with van der Waals surface area (Å²) in [4.78, 5) is 0. The fraction of sp³-hybridized carbons (Fsp3) is 1.00. The van der Waals surface area contributed by atoms with Gasteiger partial charge in [0.1, 0.15) is 0 Å². The van der Waals surface area contributed by atoms with Crippen LogP contribution in [0.15, 0.2) is 0 Å². The second kappa shape index (κ2) is 3.49. The first kappa shape index (κ1) is 8.93. The zero-order chi connectivity index (χ0) is 8.43. The van der Waals surface area contributed by atoms with Crippen LogP contribution in [-0.4, -0.2) is 48.6 Å². The van der Waals surface area contributed by atoms with E-state index in [2.05, 4.69) is 10.6 Å². The highest BCUT2D eigenvalue weighted by atomic mass is 16.3. The van der Waals surface area contributed by atoms with Crippen molar-refractivity contribution in [2.75, 3.05) is 14.1 Å². The van der Waals surface area contributed by atoms with E-state index in [1.807, 2.05) is 0 Å². The average Bonchev–Trinajstić information content (AvgIpc) is 2.30. The SMILES string of the molecule is CNC1CC(NC)C(O)C1O. The molecule has 66 valence electrons. The van der Waals surface area contributed by atoms with E-state index in [4.69, 9.17) is 0 Å². The van der Waals surface area contributed by atoms with Crippen LogP contribution in [0.5, 0.6) is 0 Å². The van der Waals surface area contributed by atoms with Crippen LogP contribution in [0.1, 0.15) is 6.42 Å². The van der Waals surface area contributed by atoms with E-state index in [0.717, 1.165) is 6.42 Å². The van der Waals surface area contributed by atoms with Crippen LogP contribution in [0.3, 0.4) is 0 Å². The number of hydrogen-bond donors (Lipinski definition) is 4. The van der Waals surface area contributed by atoms with Crippen molar-refractivity contribution < 1.29 is 10.2 Å². The van der Waals surface area contributed by atoms with Gasteiger partial charge < -0.3 is 20.8 Å². The number of hydrogen-bond acceptors (Lipinski definition) is 4. The summed E-state index contributed by atoms with van der Waals surface area (Å²) >= 11 is 0. The standard InChI is InChI=1S/C7H16N2O2/c1-8-4-3-5(9-2)7(11)6(4)10/h4-11H,3H2,1-2H3. The molecule has 0 aromatic carbocycles. The minimum atomic E-state index is -0.641. The van der Waals surface area contributed by atoms with Crippen molar-refractivity contribution >= 4 is 0 Å². The molecule has 11 heavy (non-hydrogen) atoms. The van der Waals surface area contributed by atoms with Gasteiger partial charge in [-0.25, -0.2) is 0 Å². The molecule has 1 aliphatic carbocycles. The molecule has 1 fully saturated rings. The van der Waals surface area contributed by atoms with Gasteiger partial charge in [0.25, 0.3) is 0 Å². The third kappa shape index (κ3) is 1.54. The van der Waals surface area contributed by atoms with Gasteiger partial charge in [-0.2, -0.15) is 0 Å². The van der Waals surface area contributed by atoms with Crippen LogP contribution in [0.25, 0.3) is 0 Å². The van der Waals surface area contributed by atoms with E-state index in [0.29, 0.717) is 0 Å². The average molecular weight is 160 g/mol. The summed E-state index contributed by atoms with van der Waals surface area (Å²) in [6.07, 6.45) is -0.509. The van der Waals surface area contributed by atoms with Gasteiger partial charge in [-0.15, -0.1) is 0 Å². The highest BCUT2D eigenvalue weighted by molar-refractivity contribution is 4.97. The lowest BCUT2D eigenvalue weighted by molar-refractivity contribution is 0.0214. The molecular weight excluding hydrogens is 144 g/mol. The molecular formula is C7H16N2O2. The molecule has 1 rings (SSSR count). The van der Waals surface area contributed by atoms with E-state index in [1.54, 1.807) is 14.1 Å². The maximum Gasteiger partial charge on any atom is 0.0967 e. The van der Waals surface area contributed by atoms with Crippen molar-refractivity contribution in [2.24, 2.45) is 0 Å². The van der Waals surface area contributed by atoms with Crippen LogP contribution < -0.4 is 10.6 Å². The summed E-state index contributed by atoms with van der Waals surface area (Å²) in [6.45, 7) is 0. The van der Waals surface area contributed by atoms with Crippen LogP contribution in [0.2, 0.25) is 0 Å². The number of aliphatic hydroxyl groups is 2. The molecule has 4 atom stereocenters. The maximum absolute atomic E-state index is 9.41. The Balaban J connectivity index is 2.53. The third-order valence-electron chi connectivity index (χ3n) is 2.42. The second-order valence-electron chi connectivity index (χ2n) is 3.01. The zero-order valence-electron chi connectivity index (χ0n) is 6.91. The smallest absolute Gasteiger partial charge is 0.0967 e. The first-order valence-electron chi connectivity index (χ1n) is 3.91. The molecule has 4 heteroatoms. The van der Waals surface area contributed by atoms with E-state index < -0.39 is 12.2 Å². The Hall–Kier alpha value is -0.160. The van der Waals surface area contributed by atoms with Gasteiger partial charge in [-0.05, 0) is 20.5 Å². The summed E-state index contributed by atoms with van der Waals surface area (Å²) in [5.74, 6) is 0. The molecule has 0 amide bonds. The van der Waals surface area contributed by atoms with Crippen molar-refractivity contribution in [2.45, 2.75) is 30.7 Å². The lowest BCUT2D eigenvalue weighted by Crippen LogP contribution is -2.40. The quantitative estimate of drug-likeness (QED) is 0.388. The molecule has 4 unspecified atom stereocenters. The highest BCUT2D eigenvalue weighted by Crippen LogP contribution is 2.19. The second-order valence-corrected chi connectivity index (χ2v) is 3.01. The Morgan fingerprint density at radius 3 is 1.55 bits per heavy atom.